The largest absolute Gasteiger partial charge is 0.341 e. The van der Waals surface area contributed by atoms with E-state index in [1.807, 2.05) is 47.5 Å². The Morgan fingerprint density at radius 1 is 0.906 bits per heavy atom. The van der Waals surface area contributed by atoms with Crippen molar-refractivity contribution in [2.45, 2.75) is 18.9 Å². The van der Waals surface area contributed by atoms with Gasteiger partial charge in [0.1, 0.15) is 0 Å². The Labute approximate surface area is 188 Å². The molecule has 160 valence electrons. The van der Waals surface area contributed by atoms with Crippen LogP contribution in [-0.2, 0) is 0 Å². The highest BCUT2D eigenvalue weighted by molar-refractivity contribution is 5.94. The van der Waals surface area contributed by atoms with Gasteiger partial charge in [-0.25, -0.2) is 9.97 Å². The summed E-state index contributed by atoms with van der Waals surface area (Å²) in [5.41, 5.74) is 2.76. The molecule has 5 rings (SSSR count). The lowest BCUT2D eigenvalue weighted by atomic mass is 10.0. The number of carbonyl (C=O) groups is 1. The number of anilines is 1. The molecule has 2 heterocycles. The van der Waals surface area contributed by atoms with Crippen molar-refractivity contribution in [1.29, 1.82) is 0 Å². The van der Waals surface area contributed by atoms with Gasteiger partial charge in [-0.1, -0.05) is 54.6 Å². The van der Waals surface area contributed by atoms with E-state index < -0.39 is 0 Å². The molecule has 5 heteroatoms. The zero-order valence-corrected chi connectivity index (χ0v) is 18.2. The second kappa shape index (κ2) is 8.79. The predicted octanol–water partition coefficient (Wildman–Crippen LogP) is 5.04. The van der Waals surface area contributed by atoms with Gasteiger partial charge in [0.15, 0.2) is 0 Å². The first-order valence-electron chi connectivity index (χ1n) is 11.1. The molecule has 3 aromatic carbocycles. The molecule has 4 aromatic rings. The highest BCUT2D eigenvalue weighted by Gasteiger charge is 2.27. The average Bonchev–Trinajstić information content (AvgIpc) is 2.88. The number of fused-ring (bicyclic) bond motifs is 1. The second-order valence-corrected chi connectivity index (χ2v) is 8.30. The number of aromatic nitrogens is 2. The van der Waals surface area contributed by atoms with Crippen LogP contribution in [0, 0.1) is 0 Å². The van der Waals surface area contributed by atoms with Gasteiger partial charge in [-0.05, 0) is 47.9 Å². The van der Waals surface area contributed by atoms with Crippen LogP contribution in [-0.4, -0.2) is 47.0 Å². The number of carbonyl (C=O) groups excluding carboxylic acids is 1. The third kappa shape index (κ3) is 4.06. The average molecular weight is 423 g/mol. The van der Waals surface area contributed by atoms with E-state index in [-0.39, 0.29) is 5.91 Å². The fourth-order valence-corrected chi connectivity index (χ4v) is 4.41. The van der Waals surface area contributed by atoms with Gasteiger partial charge in [0, 0.05) is 43.5 Å². The van der Waals surface area contributed by atoms with Crippen LogP contribution in [0.15, 0.2) is 85.1 Å². The van der Waals surface area contributed by atoms with E-state index in [4.69, 9.17) is 4.98 Å². The molecule has 0 N–H and O–H groups in total. The summed E-state index contributed by atoms with van der Waals surface area (Å²) in [7, 11) is 2.05. The smallest absolute Gasteiger partial charge is 0.253 e. The summed E-state index contributed by atoms with van der Waals surface area (Å²) in [6, 6.07) is 26.6. The number of hydrogen-bond acceptors (Lipinski definition) is 4. The lowest BCUT2D eigenvalue weighted by Gasteiger charge is -2.36. The molecule has 32 heavy (non-hydrogen) atoms. The summed E-state index contributed by atoms with van der Waals surface area (Å²) in [5.74, 6) is 0.838. The zero-order valence-electron chi connectivity index (χ0n) is 18.2. The van der Waals surface area contributed by atoms with Crippen molar-refractivity contribution in [2.75, 3.05) is 25.0 Å². The van der Waals surface area contributed by atoms with Gasteiger partial charge in [-0.3, -0.25) is 4.79 Å². The van der Waals surface area contributed by atoms with Crippen LogP contribution < -0.4 is 4.90 Å². The van der Waals surface area contributed by atoms with Crippen molar-refractivity contribution in [2.24, 2.45) is 0 Å². The molecule has 1 aromatic heterocycles. The third-order valence-corrected chi connectivity index (χ3v) is 6.32. The molecule has 0 saturated carbocycles. The molecule has 1 amide bonds. The van der Waals surface area contributed by atoms with Gasteiger partial charge < -0.3 is 9.80 Å². The quantitative estimate of drug-likeness (QED) is 0.462. The van der Waals surface area contributed by atoms with Crippen LogP contribution in [0.3, 0.4) is 0 Å². The molecule has 0 aliphatic carbocycles. The summed E-state index contributed by atoms with van der Waals surface area (Å²) < 4.78 is 0. The Bertz CT molecular complexity index is 1230. The van der Waals surface area contributed by atoms with E-state index in [0.29, 0.717) is 6.04 Å². The van der Waals surface area contributed by atoms with E-state index >= 15 is 0 Å². The Balaban J connectivity index is 1.29. The predicted molar refractivity (Wildman–Crippen MR) is 129 cm³/mol. The standard InChI is InChI=1S/C27H26N4O/c1-30(24-14-17-31(18-15-24)26(32)21-8-3-2-4-9-21)27-28-16-13-25(29-27)23-12-11-20-7-5-6-10-22(20)19-23/h2-13,16,19,24H,14-15,17-18H2,1H3. The Kier molecular flexibility index (Phi) is 5.55. The van der Waals surface area contributed by atoms with E-state index in [9.17, 15) is 4.79 Å². The first-order chi connectivity index (χ1) is 15.7. The summed E-state index contributed by atoms with van der Waals surface area (Å²) in [6.45, 7) is 1.49. The van der Waals surface area contributed by atoms with Gasteiger partial charge in [0.25, 0.3) is 5.91 Å². The fraction of sp³-hybridized carbons (Fsp3) is 0.222. The summed E-state index contributed by atoms with van der Waals surface area (Å²) in [6.07, 6.45) is 3.63. The van der Waals surface area contributed by atoms with Gasteiger partial charge in [0.2, 0.25) is 5.95 Å². The minimum Gasteiger partial charge on any atom is -0.341 e. The lowest BCUT2D eigenvalue weighted by Crippen LogP contribution is -2.46. The maximum absolute atomic E-state index is 12.7. The van der Waals surface area contributed by atoms with Gasteiger partial charge >= 0.3 is 0 Å². The zero-order chi connectivity index (χ0) is 21.9. The van der Waals surface area contributed by atoms with Gasteiger partial charge in [-0.2, -0.15) is 0 Å². The molecule has 0 atom stereocenters. The first kappa shape index (κ1) is 20.2. The van der Waals surface area contributed by atoms with Crippen molar-refractivity contribution in [1.82, 2.24) is 14.9 Å². The van der Waals surface area contributed by atoms with Crippen molar-refractivity contribution in [3.8, 4) is 11.3 Å². The minimum absolute atomic E-state index is 0.112. The number of piperidine rings is 1. The summed E-state index contributed by atoms with van der Waals surface area (Å²) >= 11 is 0. The fourth-order valence-electron chi connectivity index (χ4n) is 4.41. The molecule has 1 fully saturated rings. The first-order valence-corrected chi connectivity index (χ1v) is 11.1. The molecule has 1 aliphatic rings. The number of nitrogens with zero attached hydrogens (tertiary/aromatic N) is 4. The minimum atomic E-state index is 0.112. The number of hydrogen-bond donors (Lipinski definition) is 0. The third-order valence-electron chi connectivity index (χ3n) is 6.32. The maximum atomic E-state index is 12.7. The van der Waals surface area contributed by atoms with Crippen LogP contribution in [0.5, 0.6) is 0 Å². The van der Waals surface area contributed by atoms with Crippen molar-refractivity contribution in [3.05, 3.63) is 90.6 Å². The SMILES string of the molecule is CN(c1nccc(-c2ccc3ccccc3c2)n1)C1CCN(C(=O)c2ccccc2)CC1. The van der Waals surface area contributed by atoms with Crippen LogP contribution in [0.2, 0.25) is 0 Å². The topological polar surface area (TPSA) is 49.3 Å². The molecule has 5 nitrogen and oxygen atoms in total. The van der Waals surface area contributed by atoms with Crippen LogP contribution in [0.4, 0.5) is 5.95 Å². The highest BCUT2D eigenvalue weighted by Crippen LogP contribution is 2.26. The molecular weight excluding hydrogens is 396 g/mol. The van der Waals surface area contributed by atoms with E-state index in [1.54, 1.807) is 0 Å². The van der Waals surface area contributed by atoms with Crippen molar-refractivity contribution >= 4 is 22.6 Å². The van der Waals surface area contributed by atoms with Crippen LogP contribution in [0.25, 0.3) is 22.0 Å². The normalized spacial score (nSPS) is 14.5. The van der Waals surface area contributed by atoms with E-state index in [1.165, 1.54) is 10.8 Å². The van der Waals surface area contributed by atoms with E-state index in [2.05, 4.69) is 59.4 Å². The monoisotopic (exact) mass is 422 g/mol. The van der Waals surface area contributed by atoms with Gasteiger partial charge in [0.05, 0.1) is 5.69 Å². The number of likely N-dealkylation sites (tertiary alicyclic amines) is 1. The number of benzene rings is 3. The molecule has 0 radical (unpaired) electrons. The maximum Gasteiger partial charge on any atom is 0.253 e. The van der Waals surface area contributed by atoms with Crippen LogP contribution >= 0.6 is 0 Å². The lowest BCUT2D eigenvalue weighted by molar-refractivity contribution is 0.0713. The number of amides is 1. The molecule has 0 unspecified atom stereocenters. The highest BCUT2D eigenvalue weighted by atomic mass is 16.2. The molecule has 1 saturated heterocycles. The summed E-state index contributed by atoms with van der Waals surface area (Å²) in [5, 5.41) is 2.42. The Hall–Kier alpha value is -3.73. The molecule has 0 spiro atoms. The van der Waals surface area contributed by atoms with E-state index in [0.717, 1.165) is 48.7 Å². The Morgan fingerprint density at radius 3 is 2.41 bits per heavy atom. The Morgan fingerprint density at radius 2 is 1.62 bits per heavy atom. The second-order valence-electron chi connectivity index (χ2n) is 8.30. The molecular formula is C27H26N4O. The molecule has 0 bridgehead atoms. The van der Waals surface area contributed by atoms with Crippen molar-refractivity contribution < 1.29 is 4.79 Å². The number of rotatable bonds is 4. The summed E-state index contributed by atoms with van der Waals surface area (Å²) in [4.78, 5) is 26.2. The van der Waals surface area contributed by atoms with Crippen molar-refractivity contribution in [3.63, 3.8) is 0 Å². The van der Waals surface area contributed by atoms with Crippen LogP contribution in [0.1, 0.15) is 23.2 Å². The van der Waals surface area contributed by atoms with Gasteiger partial charge in [-0.15, -0.1) is 0 Å². The molecule has 1 aliphatic heterocycles.